The van der Waals surface area contributed by atoms with Crippen molar-refractivity contribution in [2.45, 2.75) is 445 Å². The van der Waals surface area contributed by atoms with Crippen LogP contribution in [0.4, 0.5) is 0 Å². The van der Waals surface area contributed by atoms with E-state index in [1.807, 2.05) is 0 Å². The Morgan fingerprint density at radius 1 is 0.273 bits per heavy atom. The lowest BCUT2D eigenvalue weighted by atomic mass is 10.0. The maximum Gasteiger partial charge on any atom is 0.472 e. The van der Waals surface area contributed by atoms with Crippen molar-refractivity contribution in [2.24, 2.45) is 5.92 Å². The zero-order valence-electron chi connectivity index (χ0n) is 64.6. The van der Waals surface area contributed by atoms with Gasteiger partial charge in [-0.3, -0.25) is 37.3 Å². The van der Waals surface area contributed by atoms with Crippen molar-refractivity contribution >= 4 is 39.5 Å². The molecule has 3 N–H and O–H groups in total. The minimum atomic E-state index is -4.96. The molecule has 5 atom stereocenters. The van der Waals surface area contributed by atoms with Gasteiger partial charge in [0, 0.05) is 25.7 Å². The number of phosphoric acid groups is 2. The second kappa shape index (κ2) is 73.0. The number of rotatable bonds is 80. The Labute approximate surface area is 607 Å². The number of hydrogen-bond acceptors (Lipinski definition) is 15. The fourth-order valence-corrected chi connectivity index (χ4v) is 14.0. The van der Waals surface area contributed by atoms with E-state index >= 15 is 0 Å². The molecule has 99 heavy (non-hydrogen) atoms. The molecule has 0 aliphatic heterocycles. The highest BCUT2D eigenvalue weighted by atomic mass is 31.2. The third-order valence-corrected chi connectivity index (χ3v) is 20.7. The van der Waals surface area contributed by atoms with Crippen LogP contribution in [0.25, 0.3) is 0 Å². The Balaban J connectivity index is 5.25. The second-order valence-electron chi connectivity index (χ2n) is 29.3. The van der Waals surface area contributed by atoms with Crippen LogP contribution in [0.5, 0.6) is 0 Å². The molecule has 0 aromatic carbocycles. The molecule has 19 heteroatoms. The maximum absolute atomic E-state index is 13.1. The average Bonchev–Trinajstić information content (AvgIpc) is 1.00. The van der Waals surface area contributed by atoms with Gasteiger partial charge in [0.25, 0.3) is 0 Å². The molecule has 0 aromatic rings. The molecular formula is C80H156O17P2. The zero-order chi connectivity index (χ0) is 72.7. The van der Waals surface area contributed by atoms with Crippen LogP contribution in [0.1, 0.15) is 426 Å². The van der Waals surface area contributed by atoms with Crippen molar-refractivity contribution in [3.63, 3.8) is 0 Å². The second-order valence-corrected chi connectivity index (χ2v) is 32.2. The smallest absolute Gasteiger partial charge is 0.462 e. The molecular weight excluding hydrogens is 1290 g/mol. The number of ether oxygens (including phenoxy) is 4. The lowest BCUT2D eigenvalue weighted by molar-refractivity contribution is -0.161. The summed E-state index contributed by atoms with van der Waals surface area (Å²) in [4.78, 5) is 73.0. The fraction of sp³-hybridized carbons (Fsp3) is 0.950. The van der Waals surface area contributed by atoms with Crippen LogP contribution in [0.2, 0.25) is 0 Å². The SMILES string of the molecule is CCCCCCCCCCCCCCCCCCC(=O)OC[C@H](COP(=O)(O)OC[C@@H](O)COP(=O)(O)OC[C@@H](COC(=O)CCCCCCCCCCCCC)OC(=O)CCCCCCCCCCCCCCCCC)OC(=O)CCCCCCCCCCCCCCCCC(C)C. The molecule has 2 unspecified atom stereocenters. The lowest BCUT2D eigenvalue weighted by Gasteiger charge is -2.21. The van der Waals surface area contributed by atoms with Gasteiger partial charge in [-0.25, -0.2) is 9.13 Å². The van der Waals surface area contributed by atoms with E-state index in [4.69, 9.17) is 37.0 Å². The Morgan fingerprint density at radius 3 is 0.687 bits per heavy atom. The number of unbranched alkanes of at least 4 members (excludes halogenated alkanes) is 52. The Kier molecular flexibility index (Phi) is 71.6. The summed E-state index contributed by atoms with van der Waals surface area (Å²) in [6.07, 6.45) is 63.6. The fourth-order valence-electron chi connectivity index (χ4n) is 12.4. The standard InChI is InChI=1S/C80H156O17P2/c1-6-9-12-15-18-21-24-26-28-30-34-39-44-49-54-59-64-78(83)91-70-76(97-80(85)66-61-56-51-46-41-36-32-31-33-38-42-47-52-57-62-73(4)5)72-95-99(88,89)93-68-74(81)67-92-98(86,87)94-71-75(69-90-77(82)63-58-53-48-43-37-23-20-17-14-11-8-3)96-79(84)65-60-55-50-45-40-35-29-27-25-22-19-16-13-10-7-2/h73-76,81H,6-72H2,1-5H3,(H,86,87)(H,88,89)/t74-,75+,76+/m0/s1. The molecule has 0 saturated carbocycles. The first-order valence-electron chi connectivity index (χ1n) is 41.6. The maximum atomic E-state index is 13.1. The van der Waals surface area contributed by atoms with Crippen LogP contribution in [-0.2, 0) is 65.4 Å². The third kappa shape index (κ3) is 74.1. The van der Waals surface area contributed by atoms with Crippen LogP contribution < -0.4 is 0 Å². The van der Waals surface area contributed by atoms with Crippen molar-refractivity contribution in [3.8, 4) is 0 Å². The predicted molar refractivity (Wildman–Crippen MR) is 405 cm³/mol. The van der Waals surface area contributed by atoms with E-state index < -0.39 is 97.5 Å². The van der Waals surface area contributed by atoms with E-state index in [1.54, 1.807) is 0 Å². The highest BCUT2D eigenvalue weighted by molar-refractivity contribution is 7.47. The van der Waals surface area contributed by atoms with Crippen molar-refractivity contribution < 1.29 is 80.2 Å². The summed E-state index contributed by atoms with van der Waals surface area (Å²) in [6.45, 7) is 7.35. The van der Waals surface area contributed by atoms with Gasteiger partial charge in [-0.1, -0.05) is 375 Å². The van der Waals surface area contributed by atoms with Gasteiger partial charge < -0.3 is 33.8 Å². The van der Waals surface area contributed by atoms with Gasteiger partial charge in [-0.05, 0) is 31.6 Å². The molecule has 0 amide bonds. The zero-order valence-corrected chi connectivity index (χ0v) is 66.4. The van der Waals surface area contributed by atoms with E-state index in [2.05, 4.69) is 34.6 Å². The van der Waals surface area contributed by atoms with Gasteiger partial charge in [0.2, 0.25) is 0 Å². The normalized spacial score (nSPS) is 13.9. The predicted octanol–water partition coefficient (Wildman–Crippen LogP) is 24.0. The van der Waals surface area contributed by atoms with Crippen LogP contribution in [-0.4, -0.2) is 96.7 Å². The van der Waals surface area contributed by atoms with Crippen molar-refractivity contribution in [2.75, 3.05) is 39.6 Å². The van der Waals surface area contributed by atoms with E-state index in [1.165, 1.54) is 250 Å². The Morgan fingerprint density at radius 2 is 0.465 bits per heavy atom. The van der Waals surface area contributed by atoms with E-state index in [9.17, 15) is 43.2 Å². The monoisotopic (exact) mass is 1450 g/mol. The Bertz CT molecular complexity index is 1890. The van der Waals surface area contributed by atoms with Gasteiger partial charge in [0.1, 0.15) is 19.3 Å². The molecule has 17 nitrogen and oxygen atoms in total. The topological polar surface area (TPSA) is 237 Å². The molecule has 0 saturated heterocycles. The summed E-state index contributed by atoms with van der Waals surface area (Å²) in [7, 11) is -9.92. The molecule has 0 aliphatic carbocycles. The average molecular weight is 1450 g/mol. The summed E-state index contributed by atoms with van der Waals surface area (Å²) < 4.78 is 68.7. The van der Waals surface area contributed by atoms with Crippen LogP contribution in [0.3, 0.4) is 0 Å². The number of esters is 4. The molecule has 0 heterocycles. The number of carbonyl (C=O) groups is 4. The lowest BCUT2D eigenvalue weighted by Crippen LogP contribution is -2.30. The molecule has 0 aliphatic rings. The van der Waals surface area contributed by atoms with Crippen LogP contribution in [0, 0.1) is 5.92 Å². The highest BCUT2D eigenvalue weighted by Gasteiger charge is 2.30. The third-order valence-electron chi connectivity index (χ3n) is 18.8. The van der Waals surface area contributed by atoms with Crippen molar-refractivity contribution in [1.82, 2.24) is 0 Å². The van der Waals surface area contributed by atoms with Gasteiger partial charge in [0.15, 0.2) is 12.2 Å². The highest BCUT2D eigenvalue weighted by Crippen LogP contribution is 2.45. The number of phosphoric ester groups is 2. The molecule has 0 spiro atoms. The van der Waals surface area contributed by atoms with Gasteiger partial charge in [0.05, 0.1) is 26.4 Å². The quantitative estimate of drug-likeness (QED) is 0.0222. The first kappa shape index (κ1) is 97.1. The first-order chi connectivity index (χ1) is 48.0. The minimum Gasteiger partial charge on any atom is -0.462 e. The minimum absolute atomic E-state index is 0.109. The van der Waals surface area contributed by atoms with Crippen LogP contribution >= 0.6 is 15.6 Å². The molecule has 0 radical (unpaired) electrons. The van der Waals surface area contributed by atoms with Crippen molar-refractivity contribution in [3.05, 3.63) is 0 Å². The first-order valence-corrected chi connectivity index (χ1v) is 44.6. The van der Waals surface area contributed by atoms with E-state index in [0.717, 1.165) is 95.8 Å². The molecule has 0 fully saturated rings. The largest absolute Gasteiger partial charge is 0.472 e. The van der Waals surface area contributed by atoms with Gasteiger partial charge >= 0.3 is 39.5 Å². The molecule has 0 aromatic heterocycles. The van der Waals surface area contributed by atoms with E-state index in [-0.39, 0.29) is 25.7 Å². The number of carbonyl (C=O) groups excluding carboxylic acids is 4. The van der Waals surface area contributed by atoms with E-state index in [0.29, 0.717) is 25.7 Å². The Hall–Kier alpha value is -1.94. The summed E-state index contributed by atoms with van der Waals surface area (Å²) in [5.41, 5.74) is 0. The summed E-state index contributed by atoms with van der Waals surface area (Å²) >= 11 is 0. The molecule has 0 bridgehead atoms. The van der Waals surface area contributed by atoms with Crippen molar-refractivity contribution in [1.29, 1.82) is 0 Å². The van der Waals surface area contributed by atoms with Crippen LogP contribution in [0.15, 0.2) is 0 Å². The summed E-state index contributed by atoms with van der Waals surface area (Å²) in [5.74, 6) is -1.31. The van der Waals surface area contributed by atoms with Gasteiger partial charge in [-0.2, -0.15) is 0 Å². The number of aliphatic hydroxyl groups excluding tert-OH is 1. The van der Waals surface area contributed by atoms with Gasteiger partial charge in [-0.15, -0.1) is 0 Å². The number of hydrogen-bond donors (Lipinski definition) is 3. The molecule has 588 valence electrons. The molecule has 0 rings (SSSR count). The number of aliphatic hydroxyl groups is 1. The summed E-state index contributed by atoms with van der Waals surface area (Å²) in [5, 5.41) is 10.6. The summed E-state index contributed by atoms with van der Waals surface area (Å²) in [6, 6.07) is 0.